The Labute approximate surface area is 123 Å². The summed E-state index contributed by atoms with van der Waals surface area (Å²) in [5, 5.41) is 0. The van der Waals surface area contributed by atoms with Gasteiger partial charge in [-0.1, -0.05) is 30.3 Å². The Kier molecular flexibility index (Phi) is 2.58. The van der Waals surface area contributed by atoms with Crippen LogP contribution in [0.3, 0.4) is 0 Å². The molecule has 0 amide bonds. The number of rotatable bonds is 3. The van der Waals surface area contributed by atoms with Crippen LogP contribution in [0, 0.1) is 23.2 Å². The third-order valence-electron chi connectivity index (χ3n) is 5.72. The summed E-state index contributed by atoms with van der Waals surface area (Å²) < 4.78 is 10.7. The number of epoxide rings is 1. The minimum absolute atomic E-state index is 0.0463. The van der Waals surface area contributed by atoms with Crippen LogP contribution in [0.1, 0.15) is 23.7 Å². The molecule has 0 spiro atoms. The van der Waals surface area contributed by atoms with E-state index in [2.05, 4.69) is 0 Å². The molecular formula is C17H18O4. The Balaban J connectivity index is 1.75. The van der Waals surface area contributed by atoms with E-state index in [0.29, 0.717) is 5.56 Å². The Hall–Kier alpha value is -1.68. The molecule has 4 nitrogen and oxygen atoms in total. The van der Waals surface area contributed by atoms with Crippen molar-refractivity contribution in [1.29, 1.82) is 0 Å². The molecule has 1 aliphatic heterocycles. The second kappa shape index (κ2) is 4.17. The van der Waals surface area contributed by atoms with Gasteiger partial charge in [0, 0.05) is 17.4 Å². The summed E-state index contributed by atoms with van der Waals surface area (Å²) in [4.78, 5) is 25.4. The molecule has 3 fully saturated rings. The molecule has 2 aliphatic carbocycles. The van der Waals surface area contributed by atoms with Gasteiger partial charge in [0.25, 0.3) is 0 Å². The van der Waals surface area contributed by atoms with Crippen molar-refractivity contribution in [3.63, 3.8) is 0 Å². The van der Waals surface area contributed by atoms with Crippen molar-refractivity contribution in [2.24, 2.45) is 23.2 Å². The van der Waals surface area contributed by atoms with E-state index in [4.69, 9.17) is 9.47 Å². The molecule has 0 aromatic heterocycles. The fourth-order valence-corrected chi connectivity index (χ4v) is 4.70. The van der Waals surface area contributed by atoms with E-state index in [1.54, 1.807) is 0 Å². The van der Waals surface area contributed by atoms with Crippen molar-refractivity contribution in [2.75, 3.05) is 7.11 Å². The molecule has 1 saturated heterocycles. The van der Waals surface area contributed by atoms with Crippen LogP contribution in [0.2, 0.25) is 0 Å². The van der Waals surface area contributed by atoms with Crippen LogP contribution < -0.4 is 0 Å². The van der Waals surface area contributed by atoms with E-state index >= 15 is 0 Å². The first-order valence-electron chi connectivity index (χ1n) is 7.42. The van der Waals surface area contributed by atoms with Crippen LogP contribution >= 0.6 is 0 Å². The number of benzene rings is 1. The van der Waals surface area contributed by atoms with Gasteiger partial charge in [-0.3, -0.25) is 9.59 Å². The normalized spacial score (nSPS) is 42.5. The zero-order valence-corrected chi connectivity index (χ0v) is 12.1. The van der Waals surface area contributed by atoms with Crippen LogP contribution in [0.4, 0.5) is 0 Å². The molecule has 3 aliphatic rings. The standard InChI is InChI=1S/C17H18O4/c1-17(16(19)20-2)11-8-10(14-15(11)21-14)12(17)13(18)9-6-4-3-5-7-9/h3-7,10-12,14-15H,8H2,1-2H3/t10-,11-,12+,14-,15-,17+/m1/s1. The van der Waals surface area contributed by atoms with Crippen molar-refractivity contribution in [1.82, 2.24) is 0 Å². The third-order valence-corrected chi connectivity index (χ3v) is 5.72. The van der Waals surface area contributed by atoms with Crippen LogP contribution in [-0.2, 0) is 14.3 Å². The van der Waals surface area contributed by atoms with E-state index in [9.17, 15) is 9.59 Å². The van der Waals surface area contributed by atoms with Crippen molar-refractivity contribution >= 4 is 11.8 Å². The lowest BCUT2D eigenvalue weighted by molar-refractivity contribution is -0.157. The van der Waals surface area contributed by atoms with E-state index < -0.39 is 5.41 Å². The Bertz CT molecular complexity index is 610. The smallest absolute Gasteiger partial charge is 0.312 e. The lowest BCUT2D eigenvalue weighted by atomic mass is 9.65. The maximum atomic E-state index is 13.0. The number of hydrogen-bond acceptors (Lipinski definition) is 4. The van der Waals surface area contributed by atoms with Crippen molar-refractivity contribution in [3.05, 3.63) is 35.9 Å². The minimum atomic E-state index is -0.760. The van der Waals surface area contributed by atoms with Crippen molar-refractivity contribution in [2.45, 2.75) is 25.6 Å². The van der Waals surface area contributed by atoms with Gasteiger partial charge in [0.1, 0.15) is 0 Å². The molecule has 110 valence electrons. The van der Waals surface area contributed by atoms with Crippen LogP contribution in [0.25, 0.3) is 0 Å². The molecule has 0 radical (unpaired) electrons. The van der Waals surface area contributed by atoms with Gasteiger partial charge in [-0.05, 0) is 19.3 Å². The minimum Gasteiger partial charge on any atom is -0.469 e. The van der Waals surface area contributed by atoms with Gasteiger partial charge >= 0.3 is 5.97 Å². The number of ether oxygens (including phenoxy) is 2. The largest absolute Gasteiger partial charge is 0.469 e. The SMILES string of the molecule is COC(=O)[C@@]1(C)[C@@H]2C[C@@H]([C@H]3O[C@@H]32)[C@H]1C(=O)c1ccccc1. The van der Waals surface area contributed by atoms with E-state index in [1.165, 1.54) is 7.11 Å². The van der Waals surface area contributed by atoms with Gasteiger partial charge < -0.3 is 9.47 Å². The molecular weight excluding hydrogens is 268 g/mol. The van der Waals surface area contributed by atoms with Crippen LogP contribution in [0.15, 0.2) is 30.3 Å². The zero-order valence-electron chi connectivity index (χ0n) is 12.1. The molecule has 0 N–H and O–H groups in total. The number of fused-ring (bicyclic) bond motifs is 5. The first-order chi connectivity index (χ1) is 10.1. The Morgan fingerprint density at radius 1 is 1.24 bits per heavy atom. The summed E-state index contributed by atoms with van der Waals surface area (Å²) in [6.07, 6.45) is 1.22. The highest BCUT2D eigenvalue weighted by atomic mass is 16.6. The van der Waals surface area contributed by atoms with Gasteiger partial charge in [-0.2, -0.15) is 0 Å². The fraction of sp³-hybridized carbons (Fsp3) is 0.529. The summed E-state index contributed by atoms with van der Waals surface area (Å²) in [6, 6.07) is 9.23. The molecule has 1 aromatic carbocycles. The highest BCUT2D eigenvalue weighted by Crippen LogP contribution is 2.67. The summed E-state index contributed by atoms with van der Waals surface area (Å²) in [6.45, 7) is 1.88. The van der Waals surface area contributed by atoms with E-state index in [0.717, 1.165) is 6.42 Å². The molecule has 1 heterocycles. The topological polar surface area (TPSA) is 55.9 Å². The highest BCUT2D eigenvalue weighted by Gasteiger charge is 2.75. The zero-order chi connectivity index (χ0) is 14.8. The maximum Gasteiger partial charge on any atom is 0.312 e. The van der Waals surface area contributed by atoms with E-state index in [1.807, 2.05) is 37.3 Å². The van der Waals surface area contributed by atoms with Gasteiger partial charge in [0.2, 0.25) is 0 Å². The highest BCUT2D eigenvalue weighted by molar-refractivity contribution is 6.02. The summed E-state index contributed by atoms with van der Waals surface area (Å²) in [5.74, 6) is -0.307. The first-order valence-corrected chi connectivity index (χ1v) is 7.42. The van der Waals surface area contributed by atoms with Gasteiger partial charge in [-0.15, -0.1) is 0 Å². The fourth-order valence-electron chi connectivity index (χ4n) is 4.70. The number of esters is 1. The number of methoxy groups -OCH3 is 1. The van der Waals surface area contributed by atoms with Crippen LogP contribution in [-0.4, -0.2) is 31.1 Å². The molecule has 4 rings (SSSR count). The van der Waals surface area contributed by atoms with E-state index in [-0.39, 0.29) is 41.7 Å². The van der Waals surface area contributed by atoms with Crippen molar-refractivity contribution in [3.8, 4) is 0 Å². The molecule has 4 heteroatoms. The van der Waals surface area contributed by atoms with Gasteiger partial charge in [0.05, 0.1) is 24.7 Å². The molecule has 0 unspecified atom stereocenters. The van der Waals surface area contributed by atoms with Gasteiger partial charge in [-0.25, -0.2) is 0 Å². The number of hydrogen-bond donors (Lipinski definition) is 0. The predicted octanol–water partition coefficient (Wildman–Crippen LogP) is 2.08. The maximum absolute atomic E-state index is 13.0. The lowest BCUT2D eigenvalue weighted by Gasteiger charge is -2.35. The summed E-state index contributed by atoms with van der Waals surface area (Å²) in [5.41, 5.74) is -0.0910. The van der Waals surface area contributed by atoms with Crippen LogP contribution in [0.5, 0.6) is 0 Å². The number of ketones is 1. The molecule has 1 aromatic rings. The number of carbonyl (C=O) groups excluding carboxylic acids is 2. The average Bonchev–Trinajstić information content (AvgIpc) is 3.16. The first kappa shape index (κ1) is 13.0. The molecule has 2 saturated carbocycles. The molecule has 6 atom stereocenters. The summed E-state index contributed by atoms with van der Waals surface area (Å²) in [7, 11) is 1.40. The number of Topliss-reactive ketones (excluding diaryl/α,β-unsaturated/α-hetero) is 1. The second-order valence-corrected chi connectivity index (χ2v) is 6.55. The number of carbonyl (C=O) groups is 2. The van der Waals surface area contributed by atoms with Gasteiger partial charge in [0.15, 0.2) is 5.78 Å². The Morgan fingerprint density at radius 3 is 2.62 bits per heavy atom. The average molecular weight is 286 g/mol. The van der Waals surface area contributed by atoms with Crippen molar-refractivity contribution < 1.29 is 19.1 Å². The quantitative estimate of drug-likeness (QED) is 0.485. The molecule has 2 bridgehead atoms. The third kappa shape index (κ3) is 1.54. The second-order valence-electron chi connectivity index (χ2n) is 6.55. The summed E-state index contributed by atoms with van der Waals surface area (Å²) >= 11 is 0. The Morgan fingerprint density at radius 2 is 1.95 bits per heavy atom. The molecule has 21 heavy (non-hydrogen) atoms. The lowest BCUT2D eigenvalue weighted by Crippen LogP contribution is -2.47. The predicted molar refractivity (Wildman–Crippen MR) is 74.6 cm³/mol. The monoisotopic (exact) mass is 286 g/mol.